The van der Waals surface area contributed by atoms with Crippen LogP contribution in [0.1, 0.15) is 15.9 Å². The van der Waals surface area contributed by atoms with Crippen molar-refractivity contribution in [1.29, 1.82) is 0 Å². The molecular formula is C21H24ClN5O. The van der Waals surface area contributed by atoms with E-state index in [9.17, 15) is 4.79 Å². The van der Waals surface area contributed by atoms with Crippen molar-refractivity contribution in [3.63, 3.8) is 0 Å². The van der Waals surface area contributed by atoms with E-state index < -0.39 is 0 Å². The van der Waals surface area contributed by atoms with E-state index in [0.29, 0.717) is 28.2 Å². The molecule has 4 rings (SSSR count). The predicted molar refractivity (Wildman–Crippen MR) is 112 cm³/mol. The summed E-state index contributed by atoms with van der Waals surface area (Å²) in [5.41, 5.74) is 2.45. The number of benzene rings is 1. The van der Waals surface area contributed by atoms with E-state index in [-0.39, 0.29) is 11.9 Å². The molecule has 3 heterocycles. The highest BCUT2D eigenvalue weighted by Gasteiger charge is 2.26. The van der Waals surface area contributed by atoms with Gasteiger partial charge >= 0.3 is 0 Å². The van der Waals surface area contributed by atoms with Crippen LogP contribution in [0.15, 0.2) is 48.8 Å². The maximum Gasteiger partial charge on any atom is 0.253 e. The molecule has 1 fully saturated rings. The summed E-state index contributed by atoms with van der Waals surface area (Å²) < 4.78 is 0. The highest BCUT2D eigenvalue weighted by molar-refractivity contribution is 6.36. The smallest absolute Gasteiger partial charge is 0.253 e. The molecular weight excluding hydrogens is 374 g/mol. The first kappa shape index (κ1) is 18.9. The maximum atomic E-state index is 12.8. The number of aromatic nitrogens is 2. The van der Waals surface area contributed by atoms with Crippen LogP contribution in [-0.4, -0.2) is 64.9 Å². The largest absolute Gasteiger partial charge is 0.350 e. The van der Waals surface area contributed by atoms with Crippen LogP contribution in [0.4, 0.5) is 0 Å². The molecule has 0 radical (unpaired) electrons. The van der Waals surface area contributed by atoms with E-state index in [1.54, 1.807) is 18.5 Å². The Bertz CT molecular complexity index is 958. The number of fused-ring (bicyclic) bond motifs is 1. The number of rotatable bonds is 5. The summed E-state index contributed by atoms with van der Waals surface area (Å²) >= 11 is 6.27. The summed E-state index contributed by atoms with van der Waals surface area (Å²) in [6.45, 7) is 4.40. The zero-order valence-electron chi connectivity index (χ0n) is 15.9. The van der Waals surface area contributed by atoms with E-state index in [4.69, 9.17) is 11.6 Å². The third-order valence-corrected chi connectivity index (χ3v) is 5.62. The van der Waals surface area contributed by atoms with Crippen molar-refractivity contribution in [1.82, 2.24) is 25.1 Å². The number of halogens is 1. The topological polar surface area (TPSA) is 64.3 Å². The van der Waals surface area contributed by atoms with Crippen molar-refractivity contribution in [2.75, 3.05) is 33.2 Å². The molecule has 1 aliphatic heterocycles. The number of pyridine rings is 1. The molecule has 0 bridgehead atoms. The van der Waals surface area contributed by atoms with Crippen molar-refractivity contribution >= 4 is 28.5 Å². The second kappa shape index (κ2) is 8.31. The molecule has 28 heavy (non-hydrogen) atoms. The number of carbonyl (C=O) groups excluding carboxylic acids is 1. The van der Waals surface area contributed by atoms with Gasteiger partial charge in [0.2, 0.25) is 0 Å². The van der Waals surface area contributed by atoms with Gasteiger partial charge < -0.3 is 15.2 Å². The molecule has 1 unspecified atom stereocenters. The van der Waals surface area contributed by atoms with Crippen LogP contribution in [0, 0.1) is 0 Å². The Labute approximate surface area is 169 Å². The third-order valence-electron chi connectivity index (χ3n) is 5.30. The normalized spacial score (nSPS) is 18.4. The first-order valence-electron chi connectivity index (χ1n) is 9.48. The lowest BCUT2D eigenvalue weighted by Crippen LogP contribution is -2.55. The maximum absolute atomic E-state index is 12.8. The molecule has 2 aromatic heterocycles. The number of aromatic amines is 1. The number of piperazine rings is 1. The first-order chi connectivity index (χ1) is 13.6. The molecule has 146 valence electrons. The Morgan fingerprint density at radius 1 is 1.29 bits per heavy atom. The fourth-order valence-electron chi connectivity index (χ4n) is 3.77. The third kappa shape index (κ3) is 4.04. The SMILES string of the molecule is CN1CCN(Cc2ccccc2)C(CNC(=O)c2c[nH]c3nccc(Cl)c23)C1. The summed E-state index contributed by atoms with van der Waals surface area (Å²) in [5, 5.41) is 4.29. The van der Waals surface area contributed by atoms with Gasteiger partial charge in [-0.3, -0.25) is 9.69 Å². The van der Waals surface area contributed by atoms with Crippen LogP contribution in [-0.2, 0) is 6.54 Å². The van der Waals surface area contributed by atoms with Crippen LogP contribution in [0.5, 0.6) is 0 Å². The molecule has 3 aromatic rings. The average Bonchev–Trinajstić information content (AvgIpc) is 3.14. The van der Waals surface area contributed by atoms with Gasteiger partial charge in [0.15, 0.2) is 0 Å². The minimum atomic E-state index is -0.131. The molecule has 0 spiro atoms. The van der Waals surface area contributed by atoms with Gasteiger partial charge in [0.25, 0.3) is 5.91 Å². The van der Waals surface area contributed by atoms with Crippen molar-refractivity contribution < 1.29 is 4.79 Å². The summed E-state index contributed by atoms with van der Waals surface area (Å²) in [5.74, 6) is -0.131. The lowest BCUT2D eigenvalue weighted by molar-refractivity contribution is 0.0756. The molecule has 2 N–H and O–H groups in total. The molecule has 0 saturated carbocycles. The Kier molecular flexibility index (Phi) is 5.62. The van der Waals surface area contributed by atoms with Crippen LogP contribution in [0.2, 0.25) is 5.02 Å². The lowest BCUT2D eigenvalue weighted by Gasteiger charge is -2.40. The number of H-pyrrole nitrogens is 1. The quantitative estimate of drug-likeness (QED) is 0.694. The molecule has 0 aliphatic carbocycles. The van der Waals surface area contributed by atoms with Gasteiger partial charge in [-0.25, -0.2) is 4.98 Å². The molecule has 6 nitrogen and oxygen atoms in total. The molecule has 1 aliphatic rings. The van der Waals surface area contributed by atoms with Crippen LogP contribution < -0.4 is 5.32 Å². The van der Waals surface area contributed by atoms with Gasteiger partial charge in [-0.1, -0.05) is 41.9 Å². The first-order valence-corrected chi connectivity index (χ1v) is 9.86. The Balaban J connectivity index is 1.45. The second-order valence-electron chi connectivity index (χ2n) is 7.30. The van der Waals surface area contributed by atoms with Gasteiger partial charge in [0, 0.05) is 51.2 Å². The number of hydrogen-bond donors (Lipinski definition) is 2. The highest BCUT2D eigenvalue weighted by atomic mass is 35.5. The van der Waals surface area contributed by atoms with Gasteiger partial charge in [0.05, 0.1) is 16.0 Å². The molecule has 1 saturated heterocycles. The van der Waals surface area contributed by atoms with Crippen LogP contribution >= 0.6 is 11.6 Å². The van der Waals surface area contributed by atoms with Gasteiger partial charge in [-0.15, -0.1) is 0 Å². The zero-order valence-corrected chi connectivity index (χ0v) is 16.6. The standard InChI is InChI=1S/C21H24ClN5O/c1-26-9-10-27(13-15-5-3-2-4-6-15)16(14-26)11-25-21(28)17-12-24-20-19(17)18(22)7-8-23-20/h2-8,12,16H,9-11,13-14H2,1H3,(H,23,24)(H,25,28). The Hall–Kier alpha value is -2.41. The van der Waals surface area contributed by atoms with Crippen molar-refractivity contribution in [2.45, 2.75) is 12.6 Å². The highest BCUT2D eigenvalue weighted by Crippen LogP contribution is 2.24. The summed E-state index contributed by atoms with van der Waals surface area (Å²) in [6.07, 6.45) is 3.30. The number of nitrogens with zero attached hydrogens (tertiary/aromatic N) is 3. The summed E-state index contributed by atoms with van der Waals surface area (Å²) in [4.78, 5) is 24.8. The van der Waals surface area contributed by atoms with E-state index >= 15 is 0 Å². The van der Waals surface area contributed by atoms with Crippen molar-refractivity contribution in [2.24, 2.45) is 0 Å². The molecule has 1 atom stereocenters. The van der Waals surface area contributed by atoms with E-state index in [2.05, 4.69) is 56.4 Å². The number of nitrogens with one attached hydrogen (secondary N) is 2. The van der Waals surface area contributed by atoms with Crippen molar-refractivity contribution in [3.05, 3.63) is 64.9 Å². The molecule has 1 amide bonds. The Morgan fingerprint density at radius 3 is 2.93 bits per heavy atom. The van der Waals surface area contributed by atoms with Crippen LogP contribution in [0.3, 0.4) is 0 Å². The Morgan fingerprint density at radius 2 is 2.11 bits per heavy atom. The minimum Gasteiger partial charge on any atom is -0.350 e. The molecule has 1 aromatic carbocycles. The molecule has 7 heteroatoms. The predicted octanol–water partition coefficient (Wildman–Crippen LogP) is 2.76. The van der Waals surface area contributed by atoms with Crippen LogP contribution in [0.25, 0.3) is 11.0 Å². The van der Waals surface area contributed by atoms with Crippen molar-refractivity contribution in [3.8, 4) is 0 Å². The fraction of sp³-hybridized carbons (Fsp3) is 0.333. The van der Waals surface area contributed by atoms with E-state index in [1.807, 2.05) is 6.07 Å². The number of carbonyl (C=O) groups is 1. The van der Waals surface area contributed by atoms with E-state index in [0.717, 1.165) is 26.2 Å². The fourth-order valence-corrected chi connectivity index (χ4v) is 4.02. The summed E-state index contributed by atoms with van der Waals surface area (Å²) in [7, 11) is 2.12. The second-order valence-corrected chi connectivity index (χ2v) is 7.71. The summed E-state index contributed by atoms with van der Waals surface area (Å²) in [6, 6.07) is 12.4. The monoisotopic (exact) mass is 397 g/mol. The van der Waals surface area contributed by atoms with Gasteiger partial charge in [-0.2, -0.15) is 0 Å². The minimum absolute atomic E-state index is 0.131. The van der Waals surface area contributed by atoms with E-state index in [1.165, 1.54) is 5.56 Å². The van der Waals surface area contributed by atoms with Gasteiger partial charge in [0.1, 0.15) is 5.65 Å². The zero-order chi connectivity index (χ0) is 19.5. The average molecular weight is 398 g/mol. The van der Waals surface area contributed by atoms with Gasteiger partial charge in [-0.05, 0) is 18.7 Å². The number of likely N-dealkylation sites (N-methyl/N-ethyl adjacent to an activating group) is 1. The number of hydrogen-bond acceptors (Lipinski definition) is 4. The lowest BCUT2D eigenvalue weighted by atomic mass is 10.1. The number of amides is 1.